The topological polar surface area (TPSA) is 52.3 Å². The number of rotatable bonds is 2. The SMILES string of the molecule is C=C(C)C(=O)ON.CCc1cccc(C)c1C. The van der Waals surface area contributed by atoms with Gasteiger partial charge in [0.1, 0.15) is 0 Å². The second-order valence-corrected chi connectivity index (χ2v) is 3.90. The average molecular weight is 235 g/mol. The summed E-state index contributed by atoms with van der Waals surface area (Å²) in [6.07, 6.45) is 1.15. The summed E-state index contributed by atoms with van der Waals surface area (Å²) in [5.74, 6) is 3.89. The number of benzene rings is 1. The third kappa shape index (κ3) is 5.31. The smallest absolute Gasteiger partial charge is 0.351 e. The normalized spacial score (nSPS) is 9.00. The predicted octanol–water partition coefficient (Wildman–Crippen LogP) is 2.85. The first-order chi connectivity index (χ1) is 7.93. The van der Waals surface area contributed by atoms with Gasteiger partial charge in [-0.2, -0.15) is 5.90 Å². The first-order valence-corrected chi connectivity index (χ1v) is 5.55. The summed E-state index contributed by atoms with van der Waals surface area (Å²) in [6, 6.07) is 6.48. The first kappa shape index (κ1) is 15.4. The summed E-state index contributed by atoms with van der Waals surface area (Å²) in [7, 11) is 0. The minimum atomic E-state index is -0.569. The molecule has 17 heavy (non-hydrogen) atoms. The number of aryl methyl sites for hydroxylation is 2. The van der Waals surface area contributed by atoms with Crippen LogP contribution < -0.4 is 5.90 Å². The lowest BCUT2D eigenvalue weighted by Gasteiger charge is -2.04. The molecular formula is C14H21NO2. The van der Waals surface area contributed by atoms with Crippen molar-refractivity contribution in [2.75, 3.05) is 0 Å². The van der Waals surface area contributed by atoms with Gasteiger partial charge in [-0.25, -0.2) is 4.79 Å². The summed E-state index contributed by atoms with van der Waals surface area (Å²) in [5.41, 5.74) is 4.63. The molecule has 0 amide bonds. The zero-order valence-electron chi connectivity index (χ0n) is 11.0. The first-order valence-electron chi connectivity index (χ1n) is 5.55. The van der Waals surface area contributed by atoms with E-state index >= 15 is 0 Å². The number of carbonyl (C=O) groups excluding carboxylic acids is 1. The molecule has 2 N–H and O–H groups in total. The van der Waals surface area contributed by atoms with Crippen molar-refractivity contribution in [1.29, 1.82) is 0 Å². The molecule has 1 aromatic rings. The van der Waals surface area contributed by atoms with Crippen LogP contribution in [-0.2, 0) is 16.1 Å². The van der Waals surface area contributed by atoms with Crippen molar-refractivity contribution in [3.05, 3.63) is 47.0 Å². The van der Waals surface area contributed by atoms with Crippen LogP contribution in [0.2, 0.25) is 0 Å². The van der Waals surface area contributed by atoms with Gasteiger partial charge < -0.3 is 4.84 Å². The molecule has 1 aromatic carbocycles. The van der Waals surface area contributed by atoms with Crippen LogP contribution in [0.3, 0.4) is 0 Å². The van der Waals surface area contributed by atoms with Crippen LogP contribution in [-0.4, -0.2) is 5.97 Å². The van der Waals surface area contributed by atoms with E-state index < -0.39 is 5.97 Å². The molecule has 0 bridgehead atoms. The second-order valence-electron chi connectivity index (χ2n) is 3.90. The van der Waals surface area contributed by atoms with E-state index in [1.54, 1.807) is 0 Å². The maximum Gasteiger partial charge on any atom is 0.351 e. The van der Waals surface area contributed by atoms with E-state index in [-0.39, 0.29) is 0 Å². The van der Waals surface area contributed by atoms with Gasteiger partial charge in [0.25, 0.3) is 0 Å². The standard InChI is InChI=1S/C10H14.C4H7NO2/c1-4-10-7-5-6-8(2)9(10)3;1-3(2)4(6)7-5/h5-7H,4H2,1-3H3;1,5H2,2H3. The number of nitrogens with two attached hydrogens (primary N) is 1. The fraction of sp³-hybridized carbons (Fsp3) is 0.357. The van der Waals surface area contributed by atoms with Crippen LogP contribution in [0.1, 0.15) is 30.5 Å². The molecule has 0 atom stereocenters. The molecule has 0 unspecified atom stereocenters. The maximum atomic E-state index is 10.1. The molecule has 3 heteroatoms. The monoisotopic (exact) mass is 235 g/mol. The Balaban J connectivity index is 0.000000325. The lowest BCUT2D eigenvalue weighted by atomic mass is 10.0. The van der Waals surface area contributed by atoms with Gasteiger partial charge in [-0.3, -0.25) is 0 Å². The van der Waals surface area contributed by atoms with Gasteiger partial charge in [0.15, 0.2) is 0 Å². The van der Waals surface area contributed by atoms with Crippen molar-refractivity contribution in [2.24, 2.45) is 5.90 Å². The third-order valence-corrected chi connectivity index (χ3v) is 2.55. The maximum absolute atomic E-state index is 10.1. The molecular weight excluding hydrogens is 214 g/mol. The number of hydrogen-bond acceptors (Lipinski definition) is 3. The highest BCUT2D eigenvalue weighted by Gasteiger charge is 1.97. The second kappa shape index (κ2) is 7.63. The molecule has 0 fully saturated rings. The summed E-state index contributed by atoms with van der Waals surface area (Å²) in [4.78, 5) is 13.8. The van der Waals surface area contributed by atoms with E-state index in [1.807, 2.05) is 0 Å². The minimum Gasteiger partial charge on any atom is -0.370 e. The molecule has 0 aromatic heterocycles. The molecule has 0 aliphatic rings. The molecule has 0 saturated carbocycles. The Hall–Kier alpha value is -1.61. The molecule has 1 rings (SSSR count). The Kier molecular flexibility index (Phi) is 6.91. The number of hydrogen-bond donors (Lipinski definition) is 1. The minimum absolute atomic E-state index is 0.308. The predicted molar refractivity (Wildman–Crippen MR) is 70.4 cm³/mol. The van der Waals surface area contributed by atoms with Crippen molar-refractivity contribution >= 4 is 5.97 Å². The highest BCUT2D eigenvalue weighted by molar-refractivity contribution is 5.86. The van der Waals surface area contributed by atoms with E-state index in [0.29, 0.717) is 5.57 Å². The zero-order chi connectivity index (χ0) is 13.4. The Morgan fingerprint density at radius 3 is 2.29 bits per heavy atom. The third-order valence-electron chi connectivity index (χ3n) is 2.55. The molecule has 3 nitrogen and oxygen atoms in total. The highest BCUT2D eigenvalue weighted by Crippen LogP contribution is 2.12. The molecule has 0 aliphatic heterocycles. The van der Waals surface area contributed by atoms with Gasteiger partial charge in [-0.05, 0) is 43.9 Å². The summed E-state index contributed by atoms with van der Waals surface area (Å²) in [6.45, 7) is 11.3. The van der Waals surface area contributed by atoms with Gasteiger partial charge in [0.2, 0.25) is 0 Å². The van der Waals surface area contributed by atoms with Crippen LogP contribution in [0.25, 0.3) is 0 Å². The van der Waals surface area contributed by atoms with Crippen molar-refractivity contribution in [3.63, 3.8) is 0 Å². The quantitative estimate of drug-likeness (QED) is 0.633. The van der Waals surface area contributed by atoms with E-state index in [0.717, 1.165) is 6.42 Å². The van der Waals surface area contributed by atoms with Crippen molar-refractivity contribution in [1.82, 2.24) is 0 Å². The van der Waals surface area contributed by atoms with E-state index in [9.17, 15) is 4.79 Å². The van der Waals surface area contributed by atoms with Crippen LogP contribution in [0.15, 0.2) is 30.4 Å². The van der Waals surface area contributed by atoms with Crippen LogP contribution in [0.5, 0.6) is 0 Å². The van der Waals surface area contributed by atoms with E-state index in [1.165, 1.54) is 23.6 Å². The van der Waals surface area contributed by atoms with Crippen LogP contribution in [0, 0.1) is 13.8 Å². The molecule has 0 saturated heterocycles. The van der Waals surface area contributed by atoms with Gasteiger partial charge in [0.05, 0.1) is 0 Å². The highest BCUT2D eigenvalue weighted by atomic mass is 16.7. The summed E-state index contributed by atoms with van der Waals surface area (Å²) >= 11 is 0. The molecule has 94 valence electrons. The lowest BCUT2D eigenvalue weighted by Crippen LogP contribution is -2.09. The van der Waals surface area contributed by atoms with Gasteiger partial charge in [0, 0.05) is 5.57 Å². The van der Waals surface area contributed by atoms with Crippen molar-refractivity contribution < 1.29 is 9.63 Å². The summed E-state index contributed by atoms with van der Waals surface area (Å²) in [5, 5.41) is 0. The molecule has 0 spiro atoms. The van der Waals surface area contributed by atoms with Gasteiger partial charge in [-0.15, -0.1) is 0 Å². The van der Waals surface area contributed by atoms with E-state index in [2.05, 4.69) is 56.3 Å². The molecule has 0 aliphatic carbocycles. The zero-order valence-corrected chi connectivity index (χ0v) is 11.0. The average Bonchev–Trinajstić information content (AvgIpc) is 2.32. The van der Waals surface area contributed by atoms with Crippen LogP contribution in [0.4, 0.5) is 0 Å². The van der Waals surface area contributed by atoms with Crippen LogP contribution >= 0.6 is 0 Å². The Morgan fingerprint density at radius 1 is 1.41 bits per heavy atom. The molecule has 0 radical (unpaired) electrons. The Morgan fingerprint density at radius 2 is 2.00 bits per heavy atom. The number of carbonyl (C=O) groups is 1. The summed E-state index contributed by atoms with van der Waals surface area (Å²) < 4.78 is 0. The fourth-order valence-electron chi connectivity index (χ4n) is 1.30. The molecule has 0 heterocycles. The van der Waals surface area contributed by atoms with Gasteiger partial charge in [-0.1, -0.05) is 31.7 Å². The fourth-order valence-corrected chi connectivity index (χ4v) is 1.30. The lowest BCUT2D eigenvalue weighted by molar-refractivity contribution is -0.139. The van der Waals surface area contributed by atoms with Gasteiger partial charge >= 0.3 is 5.97 Å². The van der Waals surface area contributed by atoms with E-state index in [4.69, 9.17) is 0 Å². The van der Waals surface area contributed by atoms with Crippen molar-refractivity contribution in [2.45, 2.75) is 34.1 Å². The Labute approximate surface area is 103 Å². The largest absolute Gasteiger partial charge is 0.370 e. The van der Waals surface area contributed by atoms with Crippen molar-refractivity contribution in [3.8, 4) is 0 Å². The Bertz CT molecular complexity index is 397.